The summed E-state index contributed by atoms with van der Waals surface area (Å²) in [5, 5.41) is 0. The summed E-state index contributed by atoms with van der Waals surface area (Å²) in [6.07, 6.45) is 2.83. The summed E-state index contributed by atoms with van der Waals surface area (Å²) >= 11 is 0. The molecule has 0 aliphatic rings. The Labute approximate surface area is 147 Å². The van der Waals surface area contributed by atoms with E-state index in [2.05, 4.69) is 9.71 Å². The first-order chi connectivity index (χ1) is 11.8. The van der Waals surface area contributed by atoms with Crippen molar-refractivity contribution in [2.24, 2.45) is 0 Å². The van der Waals surface area contributed by atoms with Crippen LogP contribution in [0.4, 0.5) is 5.69 Å². The zero-order chi connectivity index (χ0) is 18.5. The molecule has 0 aliphatic carbocycles. The average molecular weight is 385 g/mol. The van der Waals surface area contributed by atoms with Gasteiger partial charge in [-0.1, -0.05) is 12.1 Å². The molecule has 1 heterocycles. The highest BCUT2D eigenvalue weighted by molar-refractivity contribution is 7.94. The number of hydrogen-bond acceptors (Lipinski definition) is 6. The van der Waals surface area contributed by atoms with Crippen molar-refractivity contribution in [1.82, 2.24) is 9.29 Å². The number of methoxy groups -OCH3 is 1. The van der Waals surface area contributed by atoms with Gasteiger partial charge in [-0.25, -0.2) is 16.8 Å². The van der Waals surface area contributed by atoms with Crippen LogP contribution >= 0.6 is 0 Å². The standard InChI is InChI=1S/C15H19N3O5S2/c1-18(10-11-23-2)25(21,22)15-8-4-3-7-14(15)24(19,20)17-13-6-5-9-16-12-13/h3-9,12,17H,10-11H2,1-2H3. The lowest BCUT2D eigenvalue weighted by atomic mass is 10.4. The monoisotopic (exact) mass is 385 g/mol. The van der Waals surface area contributed by atoms with E-state index >= 15 is 0 Å². The molecule has 1 aromatic heterocycles. The number of nitrogens with zero attached hydrogens (tertiary/aromatic N) is 2. The number of nitrogens with one attached hydrogen (secondary N) is 1. The molecule has 2 rings (SSSR count). The fraction of sp³-hybridized carbons (Fsp3) is 0.267. The number of aromatic nitrogens is 1. The Morgan fingerprint density at radius 1 is 1.08 bits per heavy atom. The second-order valence-corrected chi connectivity index (χ2v) is 8.78. The van der Waals surface area contributed by atoms with Gasteiger partial charge in [0.1, 0.15) is 9.79 Å². The number of rotatable bonds is 8. The largest absolute Gasteiger partial charge is 0.383 e. The lowest BCUT2D eigenvalue weighted by Crippen LogP contribution is -2.31. The van der Waals surface area contributed by atoms with Crippen LogP contribution in [0.2, 0.25) is 0 Å². The average Bonchev–Trinajstić information content (AvgIpc) is 2.60. The topological polar surface area (TPSA) is 106 Å². The maximum absolute atomic E-state index is 12.7. The van der Waals surface area contributed by atoms with Gasteiger partial charge in [-0.2, -0.15) is 4.31 Å². The van der Waals surface area contributed by atoms with Gasteiger partial charge in [0.15, 0.2) is 0 Å². The molecule has 0 bridgehead atoms. The van der Waals surface area contributed by atoms with E-state index in [1.54, 1.807) is 6.07 Å². The number of benzene rings is 1. The van der Waals surface area contributed by atoms with E-state index in [0.717, 1.165) is 4.31 Å². The molecule has 2 aromatic rings. The van der Waals surface area contributed by atoms with Crippen molar-refractivity contribution < 1.29 is 21.6 Å². The van der Waals surface area contributed by atoms with E-state index in [1.807, 2.05) is 0 Å². The molecule has 0 atom stereocenters. The van der Waals surface area contributed by atoms with Crippen molar-refractivity contribution in [3.05, 3.63) is 48.8 Å². The predicted octanol–water partition coefficient (Wildman–Crippen LogP) is 1.15. The van der Waals surface area contributed by atoms with E-state index in [4.69, 9.17) is 4.74 Å². The first-order valence-corrected chi connectivity index (χ1v) is 10.2. The summed E-state index contributed by atoms with van der Waals surface area (Å²) in [7, 11) is -5.28. The number of pyridine rings is 1. The van der Waals surface area contributed by atoms with Crippen molar-refractivity contribution in [3.63, 3.8) is 0 Å². The lowest BCUT2D eigenvalue weighted by molar-refractivity contribution is 0.185. The van der Waals surface area contributed by atoms with Gasteiger partial charge in [0.25, 0.3) is 10.0 Å². The zero-order valence-corrected chi connectivity index (χ0v) is 15.4. The van der Waals surface area contributed by atoms with Gasteiger partial charge in [0.2, 0.25) is 10.0 Å². The van der Waals surface area contributed by atoms with Crippen LogP contribution < -0.4 is 4.72 Å². The van der Waals surface area contributed by atoms with E-state index in [9.17, 15) is 16.8 Å². The Hall–Kier alpha value is -2.01. The summed E-state index contributed by atoms with van der Waals surface area (Å²) in [6, 6.07) is 8.53. The molecule has 0 saturated heterocycles. The van der Waals surface area contributed by atoms with E-state index in [-0.39, 0.29) is 28.6 Å². The first kappa shape index (κ1) is 19.3. The van der Waals surface area contributed by atoms with Gasteiger partial charge in [-0.3, -0.25) is 9.71 Å². The number of ether oxygens (including phenoxy) is 1. The Bertz CT molecular complexity index is 915. The van der Waals surface area contributed by atoms with Crippen LogP contribution in [-0.4, -0.2) is 53.4 Å². The Morgan fingerprint density at radius 2 is 1.76 bits per heavy atom. The van der Waals surface area contributed by atoms with Crippen LogP contribution in [0.1, 0.15) is 0 Å². The summed E-state index contributed by atoms with van der Waals surface area (Å²) in [5.41, 5.74) is 0.238. The highest BCUT2D eigenvalue weighted by Gasteiger charge is 2.29. The van der Waals surface area contributed by atoms with Gasteiger partial charge in [-0.05, 0) is 24.3 Å². The van der Waals surface area contributed by atoms with Crippen molar-refractivity contribution in [2.75, 3.05) is 32.0 Å². The predicted molar refractivity (Wildman–Crippen MR) is 93.2 cm³/mol. The van der Waals surface area contributed by atoms with E-state index in [0.29, 0.717) is 0 Å². The molecule has 136 valence electrons. The number of likely N-dealkylation sites (N-methyl/N-ethyl adjacent to an activating group) is 1. The molecule has 1 N–H and O–H groups in total. The van der Waals surface area contributed by atoms with Crippen molar-refractivity contribution in [3.8, 4) is 0 Å². The SMILES string of the molecule is COCCN(C)S(=O)(=O)c1ccccc1S(=O)(=O)Nc1cccnc1. The molecule has 0 amide bonds. The zero-order valence-electron chi connectivity index (χ0n) is 13.8. The van der Waals surface area contributed by atoms with Crippen LogP contribution in [0.5, 0.6) is 0 Å². The first-order valence-electron chi connectivity index (χ1n) is 7.26. The maximum Gasteiger partial charge on any atom is 0.263 e. The molecular formula is C15H19N3O5S2. The van der Waals surface area contributed by atoms with Crippen LogP contribution in [0.25, 0.3) is 0 Å². The number of anilines is 1. The van der Waals surface area contributed by atoms with E-state index < -0.39 is 20.0 Å². The van der Waals surface area contributed by atoms with Crippen molar-refractivity contribution in [2.45, 2.75) is 9.79 Å². The Balaban J connectivity index is 2.44. The fourth-order valence-corrected chi connectivity index (χ4v) is 5.03. The molecule has 8 nitrogen and oxygen atoms in total. The molecule has 0 fully saturated rings. The molecule has 0 saturated carbocycles. The molecule has 0 aliphatic heterocycles. The molecule has 0 radical (unpaired) electrons. The Kier molecular flexibility index (Phi) is 6.11. The third-order valence-electron chi connectivity index (χ3n) is 3.35. The molecular weight excluding hydrogens is 366 g/mol. The second kappa shape index (κ2) is 7.91. The third kappa shape index (κ3) is 4.54. The summed E-state index contributed by atoms with van der Waals surface area (Å²) < 4.78 is 59.0. The highest BCUT2D eigenvalue weighted by atomic mass is 32.2. The highest BCUT2D eigenvalue weighted by Crippen LogP contribution is 2.25. The van der Waals surface area contributed by atoms with Crippen LogP contribution in [0.15, 0.2) is 58.6 Å². The Morgan fingerprint density at radius 3 is 2.36 bits per heavy atom. The van der Waals surface area contributed by atoms with Crippen LogP contribution in [0.3, 0.4) is 0 Å². The summed E-state index contributed by atoms with van der Waals surface area (Å²) in [4.78, 5) is 3.20. The second-order valence-electron chi connectivity index (χ2n) is 5.11. The summed E-state index contributed by atoms with van der Waals surface area (Å²) in [6.45, 7) is 0.293. The molecule has 0 spiro atoms. The molecule has 0 unspecified atom stereocenters. The van der Waals surface area contributed by atoms with Crippen molar-refractivity contribution >= 4 is 25.7 Å². The van der Waals surface area contributed by atoms with Gasteiger partial charge < -0.3 is 4.74 Å². The molecule has 25 heavy (non-hydrogen) atoms. The van der Waals surface area contributed by atoms with Gasteiger partial charge in [0, 0.05) is 26.9 Å². The minimum absolute atomic E-state index is 0.100. The normalized spacial score (nSPS) is 12.3. The van der Waals surface area contributed by atoms with Gasteiger partial charge in [-0.15, -0.1) is 0 Å². The van der Waals surface area contributed by atoms with Crippen molar-refractivity contribution in [1.29, 1.82) is 0 Å². The number of sulfonamides is 2. The quantitative estimate of drug-likeness (QED) is 0.731. The van der Waals surface area contributed by atoms with Crippen LogP contribution in [-0.2, 0) is 24.8 Å². The fourth-order valence-electron chi connectivity index (χ4n) is 2.03. The number of hydrogen-bond donors (Lipinski definition) is 1. The maximum atomic E-state index is 12.7. The lowest BCUT2D eigenvalue weighted by Gasteiger charge is -2.19. The van der Waals surface area contributed by atoms with Gasteiger partial charge >= 0.3 is 0 Å². The third-order valence-corrected chi connectivity index (χ3v) is 6.83. The minimum Gasteiger partial charge on any atom is -0.383 e. The minimum atomic E-state index is -4.11. The summed E-state index contributed by atoms with van der Waals surface area (Å²) in [5.74, 6) is 0. The molecule has 1 aromatic carbocycles. The van der Waals surface area contributed by atoms with Gasteiger partial charge in [0.05, 0.1) is 18.5 Å². The van der Waals surface area contributed by atoms with Crippen LogP contribution in [0, 0.1) is 0 Å². The molecule has 10 heteroatoms. The smallest absolute Gasteiger partial charge is 0.263 e. The van der Waals surface area contributed by atoms with E-state index in [1.165, 1.54) is 56.9 Å².